The average Bonchev–Trinajstić information content (AvgIpc) is 2.75. The molecule has 19 heavy (non-hydrogen) atoms. The lowest BCUT2D eigenvalue weighted by molar-refractivity contribution is 0.0207. The van der Waals surface area contributed by atoms with Gasteiger partial charge in [0, 0.05) is 13.2 Å². The number of hydrogen-bond acceptors (Lipinski definition) is 3. The van der Waals surface area contributed by atoms with Crippen LogP contribution in [0.1, 0.15) is 46.5 Å². The number of ether oxygens (including phenoxy) is 2. The monoisotopic (exact) mass is 269 g/mol. The van der Waals surface area contributed by atoms with Gasteiger partial charge in [-0.3, -0.25) is 0 Å². The number of carbonyl (C=O) groups is 1. The first kappa shape index (κ1) is 16.0. The number of amides is 1. The molecule has 1 rings (SSSR count). The second kappa shape index (κ2) is 7.53. The molecular weight excluding hydrogens is 242 g/mol. The third-order valence-electron chi connectivity index (χ3n) is 2.95. The molecule has 1 atom stereocenters. The molecule has 1 unspecified atom stereocenters. The van der Waals surface area contributed by atoms with Crippen molar-refractivity contribution in [3.63, 3.8) is 0 Å². The van der Waals surface area contributed by atoms with Gasteiger partial charge in [0.1, 0.15) is 5.60 Å². The molecule has 1 amide bonds. The van der Waals surface area contributed by atoms with Gasteiger partial charge in [-0.05, 0) is 46.5 Å². The minimum atomic E-state index is -0.430. The van der Waals surface area contributed by atoms with Crippen molar-refractivity contribution >= 4 is 6.09 Å². The Bertz CT molecular complexity index is 296. The highest BCUT2D eigenvalue weighted by Gasteiger charge is 2.29. The fraction of sp³-hybridized carbons (Fsp3) is 0.800. The molecular formula is C15H27NO3. The summed E-state index contributed by atoms with van der Waals surface area (Å²) in [4.78, 5) is 13.6. The van der Waals surface area contributed by atoms with E-state index in [-0.39, 0.29) is 12.2 Å². The maximum Gasteiger partial charge on any atom is 0.410 e. The summed E-state index contributed by atoms with van der Waals surface area (Å²) in [7, 11) is 0. The summed E-state index contributed by atoms with van der Waals surface area (Å²) >= 11 is 0. The van der Waals surface area contributed by atoms with Gasteiger partial charge < -0.3 is 14.4 Å². The number of carbonyl (C=O) groups excluding carboxylic acids is 1. The van der Waals surface area contributed by atoms with Gasteiger partial charge in [-0.25, -0.2) is 4.79 Å². The molecule has 0 saturated carbocycles. The summed E-state index contributed by atoms with van der Waals surface area (Å²) in [5, 5.41) is 0. The summed E-state index contributed by atoms with van der Waals surface area (Å²) in [5.74, 6) is 0. The summed E-state index contributed by atoms with van der Waals surface area (Å²) in [6.07, 6.45) is 5.97. The smallest absolute Gasteiger partial charge is 0.410 e. The number of hydrogen-bond donors (Lipinski definition) is 0. The van der Waals surface area contributed by atoms with Gasteiger partial charge in [-0.2, -0.15) is 0 Å². The van der Waals surface area contributed by atoms with E-state index in [1.807, 2.05) is 26.8 Å². The van der Waals surface area contributed by atoms with E-state index in [1.165, 1.54) is 0 Å². The van der Waals surface area contributed by atoms with Crippen molar-refractivity contribution in [3.05, 3.63) is 12.7 Å². The van der Waals surface area contributed by atoms with Crippen LogP contribution in [0.3, 0.4) is 0 Å². The van der Waals surface area contributed by atoms with E-state index >= 15 is 0 Å². The molecule has 4 nitrogen and oxygen atoms in total. The molecule has 1 aliphatic rings. The molecule has 0 spiro atoms. The zero-order chi connectivity index (χ0) is 14.3. The normalized spacial score (nSPS) is 19.5. The van der Waals surface area contributed by atoms with Crippen LogP contribution in [-0.2, 0) is 9.47 Å². The molecule has 110 valence electrons. The molecule has 1 aliphatic heterocycles. The molecule has 0 bridgehead atoms. The molecule has 0 aromatic heterocycles. The molecule has 0 aromatic carbocycles. The van der Waals surface area contributed by atoms with E-state index in [0.29, 0.717) is 6.54 Å². The van der Waals surface area contributed by atoms with Gasteiger partial charge in [0.25, 0.3) is 0 Å². The Labute approximate surface area is 116 Å². The molecule has 0 N–H and O–H groups in total. The lowest BCUT2D eigenvalue weighted by Crippen LogP contribution is -2.36. The second-order valence-corrected chi connectivity index (χ2v) is 5.99. The van der Waals surface area contributed by atoms with Crippen molar-refractivity contribution in [2.45, 2.75) is 58.2 Å². The predicted molar refractivity (Wildman–Crippen MR) is 76.2 cm³/mol. The Kier molecular flexibility index (Phi) is 6.35. The SMILES string of the molecule is C=CCCCCOC1CCN(C(=O)OC(C)(C)C)C1. The van der Waals surface area contributed by atoms with Crippen LogP contribution >= 0.6 is 0 Å². The van der Waals surface area contributed by atoms with Crippen molar-refractivity contribution in [2.75, 3.05) is 19.7 Å². The molecule has 0 aliphatic carbocycles. The van der Waals surface area contributed by atoms with Gasteiger partial charge in [0.15, 0.2) is 0 Å². The molecule has 1 heterocycles. The third kappa shape index (κ3) is 6.62. The van der Waals surface area contributed by atoms with Crippen molar-refractivity contribution in [3.8, 4) is 0 Å². The van der Waals surface area contributed by atoms with Crippen molar-refractivity contribution < 1.29 is 14.3 Å². The van der Waals surface area contributed by atoms with Crippen molar-refractivity contribution in [1.29, 1.82) is 0 Å². The van der Waals surface area contributed by atoms with Crippen LogP contribution in [-0.4, -0.2) is 42.4 Å². The fourth-order valence-electron chi connectivity index (χ4n) is 2.00. The minimum Gasteiger partial charge on any atom is -0.444 e. The van der Waals surface area contributed by atoms with E-state index < -0.39 is 5.60 Å². The number of rotatable bonds is 6. The first-order valence-corrected chi connectivity index (χ1v) is 7.13. The Balaban J connectivity index is 2.18. The Morgan fingerprint density at radius 2 is 2.16 bits per heavy atom. The highest BCUT2D eigenvalue weighted by Crippen LogP contribution is 2.17. The van der Waals surface area contributed by atoms with Gasteiger partial charge >= 0.3 is 6.09 Å². The van der Waals surface area contributed by atoms with Gasteiger partial charge in [-0.15, -0.1) is 6.58 Å². The Hall–Kier alpha value is -1.03. The fourth-order valence-corrected chi connectivity index (χ4v) is 2.00. The quantitative estimate of drug-likeness (QED) is 0.548. The summed E-state index contributed by atoms with van der Waals surface area (Å²) in [6.45, 7) is 11.5. The van der Waals surface area contributed by atoms with Crippen molar-refractivity contribution in [2.24, 2.45) is 0 Å². The van der Waals surface area contributed by atoms with Crippen LogP contribution < -0.4 is 0 Å². The van der Waals surface area contributed by atoms with E-state index in [2.05, 4.69) is 6.58 Å². The standard InChI is InChI=1S/C15H27NO3/c1-5-6-7-8-11-18-13-9-10-16(12-13)14(17)19-15(2,3)4/h5,13H,1,6-12H2,2-4H3. The lowest BCUT2D eigenvalue weighted by atomic mass is 10.2. The van der Waals surface area contributed by atoms with Gasteiger partial charge in [0.2, 0.25) is 0 Å². The molecule has 1 fully saturated rings. The molecule has 1 saturated heterocycles. The lowest BCUT2D eigenvalue weighted by Gasteiger charge is -2.24. The van der Waals surface area contributed by atoms with Gasteiger partial charge in [0.05, 0.1) is 12.6 Å². The first-order valence-electron chi connectivity index (χ1n) is 7.13. The van der Waals surface area contributed by atoms with E-state index in [4.69, 9.17) is 9.47 Å². The van der Waals surface area contributed by atoms with E-state index in [0.717, 1.165) is 38.8 Å². The van der Waals surface area contributed by atoms with Crippen LogP contribution in [0.25, 0.3) is 0 Å². The minimum absolute atomic E-state index is 0.163. The van der Waals surface area contributed by atoms with Crippen LogP contribution in [0, 0.1) is 0 Å². The Morgan fingerprint density at radius 3 is 2.79 bits per heavy atom. The predicted octanol–water partition coefficient (Wildman–Crippen LogP) is 3.37. The summed E-state index contributed by atoms with van der Waals surface area (Å²) in [6, 6.07) is 0. The number of allylic oxidation sites excluding steroid dienone is 1. The second-order valence-electron chi connectivity index (χ2n) is 5.99. The first-order chi connectivity index (χ1) is 8.92. The van der Waals surface area contributed by atoms with E-state index in [1.54, 1.807) is 4.90 Å². The topological polar surface area (TPSA) is 38.8 Å². The largest absolute Gasteiger partial charge is 0.444 e. The summed E-state index contributed by atoms with van der Waals surface area (Å²) in [5.41, 5.74) is -0.430. The third-order valence-corrected chi connectivity index (χ3v) is 2.95. The number of nitrogens with zero attached hydrogens (tertiary/aromatic N) is 1. The van der Waals surface area contributed by atoms with Crippen LogP contribution in [0.5, 0.6) is 0 Å². The zero-order valence-electron chi connectivity index (χ0n) is 12.5. The number of likely N-dealkylation sites (tertiary alicyclic amines) is 1. The molecule has 0 radical (unpaired) electrons. The maximum absolute atomic E-state index is 11.9. The van der Waals surface area contributed by atoms with Gasteiger partial charge in [-0.1, -0.05) is 6.08 Å². The van der Waals surface area contributed by atoms with Crippen LogP contribution in [0.15, 0.2) is 12.7 Å². The molecule has 0 aromatic rings. The highest BCUT2D eigenvalue weighted by atomic mass is 16.6. The zero-order valence-corrected chi connectivity index (χ0v) is 12.5. The number of unbranched alkanes of at least 4 members (excludes halogenated alkanes) is 2. The van der Waals surface area contributed by atoms with Crippen LogP contribution in [0.4, 0.5) is 4.79 Å². The van der Waals surface area contributed by atoms with Crippen LogP contribution in [0.2, 0.25) is 0 Å². The highest BCUT2D eigenvalue weighted by molar-refractivity contribution is 5.68. The average molecular weight is 269 g/mol. The van der Waals surface area contributed by atoms with E-state index in [9.17, 15) is 4.79 Å². The van der Waals surface area contributed by atoms with Crippen molar-refractivity contribution in [1.82, 2.24) is 4.90 Å². The maximum atomic E-state index is 11.9. The Morgan fingerprint density at radius 1 is 1.42 bits per heavy atom. The summed E-state index contributed by atoms with van der Waals surface area (Å²) < 4.78 is 11.1. The molecule has 4 heteroatoms.